The molecule has 2 aliphatic rings. The molecule has 0 radical (unpaired) electrons. The Labute approximate surface area is 143 Å². The molecule has 0 bridgehead atoms. The first kappa shape index (κ1) is 20.6. The Morgan fingerprint density at radius 2 is 1.81 bits per heavy atom. The highest BCUT2D eigenvalue weighted by atomic mass is 35.5. The third-order valence-corrected chi connectivity index (χ3v) is 3.79. The van der Waals surface area contributed by atoms with E-state index < -0.39 is 0 Å². The number of Topliss-reactive ketones (excluding diaryl/α,β-unsaturated/α-hetero) is 1. The number of pyridine rings is 1. The van der Waals surface area contributed by atoms with E-state index >= 15 is 0 Å². The lowest BCUT2D eigenvalue weighted by Gasteiger charge is -2.44. The van der Waals surface area contributed by atoms with Gasteiger partial charge in [-0.05, 0) is 12.1 Å². The molecule has 0 aromatic carbocycles. The number of carbonyl (C=O) groups is 1. The third-order valence-electron chi connectivity index (χ3n) is 3.79. The quantitative estimate of drug-likeness (QED) is 0.768. The van der Waals surface area contributed by atoms with Gasteiger partial charge in [0.05, 0.1) is 6.04 Å². The second-order valence-electron chi connectivity index (χ2n) is 4.84. The molecule has 0 saturated carbocycles. The highest BCUT2D eigenvalue weighted by Crippen LogP contribution is 2.15. The fourth-order valence-electron chi connectivity index (χ4n) is 2.84. The lowest BCUT2D eigenvalue weighted by atomic mass is 9.94. The summed E-state index contributed by atoms with van der Waals surface area (Å²) in [5.41, 5.74) is 0.745. The Kier molecular flexibility index (Phi) is 9.36. The van der Waals surface area contributed by atoms with Crippen molar-refractivity contribution in [2.24, 2.45) is 0 Å². The number of ketones is 1. The largest absolute Gasteiger partial charge is 0.314 e. The lowest BCUT2D eigenvalue weighted by molar-refractivity contribution is 0.0672. The standard InChI is InChI=1S/C13H18N4O.3ClH/c18-13(10-1-3-14-4-2-10)12-11-9-15-5-7-17(11)8-6-16-12;;;/h1-4,11-12,15-16H,5-9H2;3*1H. The summed E-state index contributed by atoms with van der Waals surface area (Å²) in [6.07, 6.45) is 3.35. The maximum absolute atomic E-state index is 12.5. The average molecular weight is 356 g/mol. The van der Waals surface area contributed by atoms with Crippen LogP contribution in [0.5, 0.6) is 0 Å². The van der Waals surface area contributed by atoms with Gasteiger partial charge >= 0.3 is 0 Å². The number of hydrogen-bond acceptors (Lipinski definition) is 5. The van der Waals surface area contributed by atoms with Crippen molar-refractivity contribution in [3.05, 3.63) is 30.1 Å². The van der Waals surface area contributed by atoms with Crippen LogP contribution in [0.1, 0.15) is 10.4 Å². The third kappa shape index (κ3) is 4.52. The van der Waals surface area contributed by atoms with Gasteiger partial charge in [0.25, 0.3) is 0 Å². The number of aromatic nitrogens is 1. The predicted molar refractivity (Wildman–Crippen MR) is 90.3 cm³/mol. The van der Waals surface area contributed by atoms with Crippen LogP contribution in [0.25, 0.3) is 0 Å². The summed E-state index contributed by atoms with van der Waals surface area (Å²) in [6, 6.07) is 3.75. The molecule has 2 saturated heterocycles. The molecule has 2 unspecified atom stereocenters. The van der Waals surface area contributed by atoms with Gasteiger partial charge in [0.2, 0.25) is 0 Å². The van der Waals surface area contributed by atoms with Crippen molar-refractivity contribution in [1.29, 1.82) is 0 Å². The van der Waals surface area contributed by atoms with Crippen LogP contribution in [0.3, 0.4) is 0 Å². The zero-order valence-corrected chi connectivity index (χ0v) is 14.0. The fourth-order valence-corrected chi connectivity index (χ4v) is 2.84. The molecule has 2 fully saturated rings. The van der Waals surface area contributed by atoms with Gasteiger partial charge in [-0.25, -0.2) is 0 Å². The van der Waals surface area contributed by atoms with Crippen LogP contribution in [0.2, 0.25) is 0 Å². The summed E-state index contributed by atoms with van der Waals surface area (Å²) >= 11 is 0. The van der Waals surface area contributed by atoms with E-state index in [9.17, 15) is 4.79 Å². The number of hydrogen-bond donors (Lipinski definition) is 2. The van der Waals surface area contributed by atoms with Crippen LogP contribution in [0.4, 0.5) is 0 Å². The van der Waals surface area contributed by atoms with E-state index in [1.807, 2.05) is 0 Å². The minimum Gasteiger partial charge on any atom is -0.314 e. The molecule has 5 nitrogen and oxygen atoms in total. The molecule has 2 aliphatic heterocycles. The molecule has 2 atom stereocenters. The summed E-state index contributed by atoms with van der Waals surface area (Å²) in [4.78, 5) is 18.9. The van der Waals surface area contributed by atoms with E-state index in [1.165, 1.54) is 0 Å². The van der Waals surface area contributed by atoms with Crippen LogP contribution < -0.4 is 10.6 Å². The van der Waals surface area contributed by atoms with E-state index in [2.05, 4.69) is 20.5 Å². The Morgan fingerprint density at radius 3 is 2.52 bits per heavy atom. The van der Waals surface area contributed by atoms with Crippen molar-refractivity contribution in [2.75, 3.05) is 32.7 Å². The molecule has 21 heavy (non-hydrogen) atoms. The molecule has 1 aromatic rings. The number of rotatable bonds is 2. The van der Waals surface area contributed by atoms with Crippen molar-refractivity contribution in [3.8, 4) is 0 Å². The Bertz CT molecular complexity index is 433. The van der Waals surface area contributed by atoms with Gasteiger partial charge in [-0.3, -0.25) is 14.7 Å². The van der Waals surface area contributed by atoms with Gasteiger partial charge in [0.1, 0.15) is 0 Å². The van der Waals surface area contributed by atoms with Crippen LogP contribution in [0.15, 0.2) is 24.5 Å². The molecule has 3 rings (SSSR count). The highest BCUT2D eigenvalue weighted by molar-refractivity contribution is 6.00. The molecule has 0 amide bonds. The molecule has 2 N–H and O–H groups in total. The molecular weight excluding hydrogens is 335 g/mol. The summed E-state index contributed by atoms with van der Waals surface area (Å²) in [7, 11) is 0. The van der Waals surface area contributed by atoms with E-state index in [-0.39, 0.29) is 55.1 Å². The van der Waals surface area contributed by atoms with E-state index in [4.69, 9.17) is 0 Å². The number of fused-ring (bicyclic) bond motifs is 1. The topological polar surface area (TPSA) is 57.3 Å². The molecule has 8 heteroatoms. The van der Waals surface area contributed by atoms with Crippen LogP contribution >= 0.6 is 37.2 Å². The first-order valence-electron chi connectivity index (χ1n) is 6.48. The van der Waals surface area contributed by atoms with E-state index in [0.717, 1.165) is 38.3 Å². The number of carbonyl (C=O) groups excluding carboxylic acids is 1. The van der Waals surface area contributed by atoms with Crippen molar-refractivity contribution in [3.63, 3.8) is 0 Å². The molecule has 0 spiro atoms. The van der Waals surface area contributed by atoms with Crippen LogP contribution in [-0.4, -0.2) is 60.5 Å². The fraction of sp³-hybridized carbons (Fsp3) is 0.538. The number of nitrogens with zero attached hydrogens (tertiary/aromatic N) is 2. The monoisotopic (exact) mass is 354 g/mol. The number of nitrogens with one attached hydrogen (secondary N) is 2. The summed E-state index contributed by atoms with van der Waals surface area (Å²) in [6.45, 7) is 4.86. The van der Waals surface area contributed by atoms with Crippen LogP contribution in [0, 0.1) is 0 Å². The minimum absolute atomic E-state index is 0. The summed E-state index contributed by atoms with van der Waals surface area (Å²) in [5.74, 6) is 0.177. The average Bonchev–Trinajstić information content (AvgIpc) is 2.47. The van der Waals surface area contributed by atoms with Gasteiger partial charge in [-0.15, -0.1) is 37.2 Å². The smallest absolute Gasteiger partial charge is 0.181 e. The van der Waals surface area contributed by atoms with Crippen molar-refractivity contribution >= 4 is 43.0 Å². The summed E-state index contributed by atoms with van der Waals surface area (Å²) in [5, 5.41) is 6.74. The van der Waals surface area contributed by atoms with E-state index in [1.54, 1.807) is 24.5 Å². The van der Waals surface area contributed by atoms with Gasteiger partial charge in [0.15, 0.2) is 5.78 Å². The lowest BCUT2D eigenvalue weighted by Crippen LogP contribution is -2.67. The Hall–Kier alpha value is -0.430. The van der Waals surface area contributed by atoms with Crippen molar-refractivity contribution in [2.45, 2.75) is 12.1 Å². The maximum Gasteiger partial charge on any atom is 0.181 e. The zero-order valence-electron chi connectivity index (χ0n) is 11.5. The second-order valence-corrected chi connectivity index (χ2v) is 4.84. The molecule has 120 valence electrons. The zero-order chi connectivity index (χ0) is 12.4. The van der Waals surface area contributed by atoms with E-state index in [0.29, 0.717) is 0 Å². The van der Waals surface area contributed by atoms with Gasteiger partial charge in [-0.2, -0.15) is 0 Å². The second kappa shape index (κ2) is 9.56. The highest BCUT2D eigenvalue weighted by Gasteiger charge is 2.37. The van der Waals surface area contributed by atoms with Gasteiger partial charge < -0.3 is 10.6 Å². The van der Waals surface area contributed by atoms with Crippen molar-refractivity contribution < 1.29 is 4.79 Å². The Morgan fingerprint density at radius 1 is 1.14 bits per heavy atom. The number of halogens is 3. The van der Waals surface area contributed by atoms with Gasteiger partial charge in [0, 0.05) is 56.7 Å². The molecule has 3 heterocycles. The van der Waals surface area contributed by atoms with Crippen molar-refractivity contribution in [1.82, 2.24) is 20.5 Å². The van der Waals surface area contributed by atoms with Crippen LogP contribution in [-0.2, 0) is 0 Å². The normalized spacial score (nSPS) is 24.6. The van der Waals surface area contributed by atoms with Gasteiger partial charge in [-0.1, -0.05) is 0 Å². The SMILES string of the molecule is Cl.Cl.Cl.O=C(c1ccncc1)C1NCCN2CCNCC12. The molecule has 0 aliphatic carbocycles. The molecular formula is C13H21Cl3N4O. The molecule has 1 aromatic heterocycles. The number of piperazine rings is 2. The predicted octanol–water partition coefficient (Wildman–Crippen LogP) is 0.775. The summed E-state index contributed by atoms with van der Waals surface area (Å²) < 4.78 is 0. The Balaban J connectivity index is 0.00000133. The minimum atomic E-state index is -0.103. The first-order valence-corrected chi connectivity index (χ1v) is 6.48. The first-order chi connectivity index (χ1) is 8.86. The maximum atomic E-state index is 12.5.